The Balaban J connectivity index is 1.47. The lowest BCUT2D eigenvalue weighted by molar-refractivity contribution is -0.118. The van der Waals surface area contributed by atoms with Crippen LogP contribution in [0, 0.1) is 0 Å². The van der Waals surface area contributed by atoms with Gasteiger partial charge in [-0.15, -0.1) is 0 Å². The van der Waals surface area contributed by atoms with Crippen molar-refractivity contribution >= 4 is 17.5 Å². The third-order valence-corrected chi connectivity index (χ3v) is 3.87. The average molecular weight is 376 g/mol. The summed E-state index contributed by atoms with van der Waals surface area (Å²) in [4.78, 5) is 23.2. The number of nitrogens with two attached hydrogens (primary N) is 1. The van der Waals surface area contributed by atoms with Crippen molar-refractivity contribution in [2.24, 2.45) is 5.73 Å². The van der Waals surface area contributed by atoms with Crippen molar-refractivity contribution in [1.29, 1.82) is 0 Å². The molecule has 3 aromatic rings. The summed E-state index contributed by atoms with van der Waals surface area (Å²) in [5, 5.41) is 2.66. The number of carbonyl (C=O) groups is 2. The minimum absolute atomic E-state index is 0.162. The van der Waals surface area contributed by atoms with Crippen LogP contribution < -0.4 is 20.5 Å². The van der Waals surface area contributed by atoms with Crippen molar-refractivity contribution in [2.45, 2.75) is 6.61 Å². The second kappa shape index (κ2) is 9.23. The first kappa shape index (κ1) is 19.0. The minimum Gasteiger partial charge on any atom is -0.489 e. The lowest BCUT2D eigenvalue weighted by atomic mass is 10.2. The van der Waals surface area contributed by atoms with Crippen LogP contribution in [0.4, 0.5) is 5.69 Å². The molecule has 28 heavy (non-hydrogen) atoms. The zero-order valence-electron chi connectivity index (χ0n) is 15.1. The van der Waals surface area contributed by atoms with Crippen molar-refractivity contribution in [2.75, 3.05) is 11.9 Å². The van der Waals surface area contributed by atoms with Crippen LogP contribution >= 0.6 is 0 Å². The van der Waals surface area contributed by atoms with Gasteiger partial charge in [0.2, 0.25) is 5.91 Å². The number of carbonyl (C=O) groups excluding carboxylic acids is 2. The van der Waals surface area contributed by atoms with Gasteiger partial charge in [0.25, 0.3) is 5.91 Å². The molecule has 3 rings (SSSR count). The minimum atomic E-state index is -0.554. The van der Waals surface area contributed by atoms with Crippen molar-refractivity contribution in [3.8, 4) is 11.5 Å². The van der Waals surface area contributed by atoms with Crippen LogP contribution in [0.5, 0.6) is 11.5 Å². The second-order valence-electron chi connectivity index (χ2n) is 6.03. The van der Waals surface area contributed by atoms with E-state index < -0.39 is 5.91 Å². The Morgan fingerprint density at radius 3 is 2.18 bits per heavy atom. The number of primary amides is 1. The van der Waals surface area contributed by atoms with E-state index in [9.17, 15) is 9.59 Å². The van der Waals surface area contributed by atoms with Crippen LogP contribution in [0.25, 0.3) is 0 Å². The monoisotopic (exact) mass is 376 g/mol. The van der Waals surface area contributed by atoms with Gasteiger partial charge in [0.1, 0.15) is 18.1 Å². The molecule has 0 saturated heterocycles. The van der Waals surface area contributed by atoms with Gasteiger partial charge in [-0.05, 0) is 48.0 Å². The van der Waals surface area contributed by atoms with Gasteiger partial charge >= 0.3 is 0 Å². The molecule has 0 fully saturated rings. The van der Waals surface area contributed by atoms with Gasteiger partial charge in [-0.2, -0.15) is 0 Å². The quantitative estimate of drug-likeness (QED) is 0.631. The van der Waals surface area contributed by atoms with E-state index in [4.69, 9.17) is 15.2 Å². The zero-order chi connectivity index (χ0) is 19.8. The average Bonchev–Trinajstić information content (AvgIpc) is 2.72. The van der Waals surface area contributed by atoms with Crippen LogP contribution in [0.2, 0.25) is 0 Å². The Labute approximate surface area is 162 Å². The van der Waals surface area contributed by atoms with Crippen LogP contribution in [-0.4, -0.2) is 18.4 Å². The van der Waals surface area contributed by atoms with E-state index in [0.29, 0.717) is 29.4 Å². The van der Waals surface area contributed by atoms with E-state index >= 15 is 0 Å². The Morgan fingerprint density at radius 2 is 1.50 bits per heavy atom. The van der Waals surface area contributed by atoms with Gasteiger partial charge in [0, 0.05) is 11.3 Å². The molecule has 0 atom stereocenters. The smallest absolute Gasteiger partial charge is 0.262 e. The number of rotatable bonds is 8. The Hall–Kier alpha value is -3.80. The van der Waals surface area contributed by atoms with Crippen molar-refractivity contribution < 1.29 is 19.1 Å². The molecule has 0 aliphatic rings. The number of ether oxygens (including phenoxy) is 2. The summed E-state index contributed by atoms with van der Waals surface area (Å²) in [7, 11) is 0. The number of nitrogens with one attached hydrogen (secondary N) is 1. The van der Waals surface area contributed by atoms with Gasteiger partial charge in [0.15, 0.2) is 6.61 Å². The highest BCUT2D eigenvalue weighted by atomic mass is 16.5. The molecule has 0 aliphatic carbocycles. The molecule has 2 amide bonds. The maximum absolute atomic E-state index is 12.0. The number of amides is 2. The van der Waals surface area contributed by atoms with Crippen molar-refractivity contribution in [1.82, 2.24) is 0 Å². The van der Waals surface area contributed by atoms with Crippen molar-refractivity contribution in [3.05, 3.63) is 90.0 Å². The Bertz CT molecular complexity index is 940. The molecule has 0 bridgehead atoms. The van der Waals surface area contributed by atoms with Crippen LogP contribution in [0.1, 0.15) is 15.9 Å². The van der Waals surface area contributed by atoms with Crippen LogP contribution in [0.15, 0.2) is 78.9 Å². The highest BCUT2D eigenvalue weighted by Gasteiger charge is 2.06. The largest absolute Gasteiger partial charge is 0.489 e. The van der Waals surface area contributed by atoms with E-state index in [2.05, 4.69) is 5.32 Å². The maximum Gasteiger partial charge on any atom is 0.262 e. The fraction of sp³-hybridized carbons (Fsp3) is 0.0909. The summed E-state index contributed by atoms with van der Waals surface area (Å²) in [5.41, 5.74) is 7.12. The van der Waals surface area contributed by atoms with E-state index in [-0.39, 0.29) is 12.5 Å². The summed E-state index contributed by atoms with van der Waals surface area (Å²) in [6.07, 6.45) is 0. The zero-order valence-corrected chi connectivity index (χ0v) is 15.1. The van der Waals surface area contributed by atoms with Gasteiger partial charge in [-0.25, -0.2) is 0 Å². The van der Waals surface area contributed by atoms with E-state index in [1.54, 1.807) is 42.5 Å². The molecule has 3 aromatic carbocycles. The molecule has 142 valence electrons. The fourth-order valence-corrected chi connectivity index (χ4v) is 2.47. The molecule has 0 radical (unpaired) electrons. The molecule has 0 unspecified atom stereocenters. The summed E-state index contributed by atoms with van der Waals surface area (Å²) in [5.74, 6) is 0.366. The molecule has 0 spiro atoms. The first-order valence-corrected chi connectivity index (χ1v) is 8.69. The van der Waals surface area contributed by atoms with Crippen LogP contribution in [0.3, 0.4) is 0 Å². The number of benzene rings is 3. The molecular formula is C22H20N2O4. The third-order valence-electron chi connectivity index (χ3n) is 3.87. The first-order valence-electron chi connectivity index (χ1n) is 8.69. The topological polar surface area (TPSA) is 90.7 Å². The van der Waals surface area contributed by atoms with E-state index in [1.807, 2.05) is 30.3 Å². The maximum atomic E-state index is 12.0. The molecule has 0 aliphatic heterocycles. The normalized spacial score (nSPS) is 10.1. The van der Waals surface area contributed by atoms with Gasteiger partial charge in [-0.3, -0.25) is 9.59 Å². The summed E-state index contributed by atoms with van der Waals surface area (Å²) < 4.78 is 11.2. The van der Waals surface area contributed by atoms with Crippen molar-refractivity contribution in [3.63, 3.8) is 0 Å². The Kier molecular flexibility index (Phi) is 6.25. The lowest BCUT2D eigenvalue weighted by Gasteiger charge is -2.10. The molecule has 0 heterocycles. The van der Waals surface area contributed by atoms with Gasteiger partial charge < -0.3 is 20.5 Å². The molecule has 6 heteroatoms. The number of hydrogen-bond donors (Lipinski definition) is 2. The number of anilines is 1. The summed E-state index contributed by atoms with van der Waals surface area (Å²) in [6, 6.07) is 23.3. The third kappa shape index (κ3) is 5.60. The van der Waals surface area contributed by atoms with Crippen LogP contribution in [-0.2, 0) is 11.4 Å². The number of hydrogen-bond acceptors (Lipinski definition) is 4. The highest BCUT2D eigenvalue weighted by molar-refractivity contribution is 5.96. The lowest BCUT2D eigenvalue weighted by Crippen LogP contribution is -2.20. The molecule has 0 aromatic heterocycles. The standard InChI is InChI=1S/C22H20N2O4/c23-22(26)17-7-4-8-18(13-17)24-21(25)15-28-20-11-9-19(10-12-20)27-14-16-5-2-1-3-6-16/h1-13H,14-15H2,(H2,23,26)(H,24,25). The van der Waals surface area contributed by atoms with Gasteiger partial charge in [-0.1, -0.05) is 36.4 Å². The molecule has 6 nitrogen and oxygen atoms in total. The predicted molar refractivity (Wildman–Crippen MR) is 106 cm³/mol. The fourth-order valence-electron chi connectivity index (χ4n) is 2.47. The van der Waals surface area contributed by atoms with E-state index in [0.717, 1.165) is 5.56 Å². The molecule has 3 N–H and O–H groups in total. The van der Waals surface area contributed by atoms with E-state index in [1.165, 1.54) is 6.07 Å². The highest BCUT2D eigenvalue weighted by Crippen LogP contribution is 2.19. The molecular weight excluding hydrogens is 356 g/mol. The SMILES string of the molecule is NC(=O)c1cccc(NC(=O)COc2ccc(OCc3ccccc3)cc2)c1. The molecule has 0 saturated carbocycles. The van der Waals surface area contributed by atoms with Gasteiger partial charge in [0.05, 0.1) is 0 Å². The predicted octanol–water partition coefficient (Wildman–Crippen LogP) is 3.38. The Morgan fingerprint density at radius 1 is 0.821 bits per heavy atom. The summed E-state index contributed by atoms with van der Waals surface area (Å²) in [6.45, 7) is 0.318. The first-order chi connectivity index (χ1) is 13.6. The summed E-state index contributed by atoms with van der Waals surface area (Å²) >= 11 is 0. The second-order valence-corrected chi connectivity index (χ2v) is 6.03.